The fraction of sp³-hybridized carbons (Fsp3) is 0.350. The van der Waals surface area contributed by atoms with Crippen LogP contribution in [-0.2, 0) is 4.74 Å². The number of aromatic carboxylic acids is 1. The van der Waals surface area contributed by atoms with Crippen molar-refractivity contribution in [3.8, 4) is 5.75 Å². The topological polar surface area (TPSA) is 67.8 Å². The van der Waals surface area contributed by atoms with Crippen LogP contribution in [0.1, 0.15) is 46.5 Å². The largest absolute Gasteiger partial charge is 0.491 e. The quantitative estimate of drug-likeness (QED) is 0.837. The third-order valence-electron chi connectivity index (χ3n) is 5.33. The molecular formula is C20H19F2NO4. The van der Waals surface area contributed by atoms with Crippen LogP contribution in [0, 0.1) is 17.6 Å². The Hall–Kier alpha value is -2.67. The number of hydrogen-bond donors (Lipinski definition) is 2. The first-order valence-electron chi connectivity index (χ1n) is 8.78. The fourth-order valence-corrected chi connectivity index (χ4v) is 4.08. The molecule has 0 spiro atoms. The molecule has 2 aliphatic heterocycles. The second-order valence-electron chi connectivity index (χ2n) is 6.81. The molecule has 0 bridgehead atoms. The zero-order valence-corrected chi connectivity index (χ0v) is 14.7. The van der Waals surface area contributed by atoms with Crippen LogP contribution in [0.15, 0.2) is 30.3 Å². The molecule has 27 heavy (non-hydrogen) atoms. The van der Waals surface area contributed by atoms with Crippen LogP contribution < -0.4 is 10.1 Å². The van der Waals surface area contributed by atoms with E-state index in [4.69, 9.17) is 14.6 Å². The second-order valence-corrected chi connectivity index (χ2v) is 6.81. The molecule has 0 amide bonds. The van der Waals surface area contributed by atoms with E-state index in [0.717, 1.165) is 18.4 Å². The first-order valence-corrected chi connectivity index (χ1v) is 8.78. The number of benzene rings is 2. The lowest BCUT2D eigenvalue weighted by Crippen LogP contribution is -2.36. The van der Waals surface area contributed by atoms with Gasteiger partial charge in [-0.1, -0.05) is 12.1 Å². The molecule has 0 aromatic heterocycles. The van der Waals surface area contributed by atoms with E-state index in [9.17, 15) is 13.6 Å². The molecule has 2 aliphatic rings. The first-order chi connectivity index (χ1) is 13.0. The van der Waals surface area contributed by atoms with Crippen molar-refractivity contribution in [3.05, 3.63) is 58.7 Å². The molecule has 0 unspecified atom stereocenters. The van der Waals surface area contributed by atoms with Crippen molar-refractivity contribution in [3.63, 3.8) is 0 Å². The van der Waals surface area contributed by atoms with Gasteiger partial charge < -0.3 is 19.9 Å². The van der Waals surface area contributed by atoms with Gasteiger partial charge in [-0.05, 0) is 30.5 Å². The number of halogens is 2. The Balaban J connectivity index is 1.79. The third-order valence-corrected chi connectivity index (χ3v) is 5.33. The lowest BCUT2D eigenvalue weighted by molar-refractivity contribution is -0.0403. The van der Waals surface area contributed by atoms with Gasteiger partial charge in [0.2, 0.25) is 0 Å². The number of fused-ring (bicyclic) bond motifs is 3. The molecule has 3 atom stereocenters. The summed E-state index contributed by atoms with van der Waals surface area (Å²) in [5, 5.41) is 12.3. The highest BCUT2D eigenvalue weighted by molar-refractivity contribution is 5.87. The molecule has 2 aromatic rings. The summed E-state index contributed by atoms with van der Waals surface area (Å²) < 4.78 is 39.9. The van der Waals surface area contributed by atoms with Gasteiger partial charge in [0.1, 0.15) is 0 Å². The minimum Gasteiger partial charge on any atom is -0.491 e. The van der Waals surface area contributed by atoms with E-state index >= 15 is 0 Å². The van der Waals surface area contributed by atoms with E-state index in [-0.39, 0.29) is 23.1 Å². The minimum absolute atomic E-state index is 0.0633. The van der Waals surface area contributed by atoms with Crippen molar-refractivity contribution in [1.82, 2.24) is 0 Å². The van der Waals surface area contributed by atoms with Crippen LogP contribution in [-0.4, -0.2) is 24.8 Å². The van der Waals surface area contributed by atoms with Crippen LogP contribution in [0.3, 0.4) is 0 Å². The maximum Gasteiger partial charge on any atom is 0.335 e. The number of carboxylic acid groups (broad SMARTS) is 1. The van der Waals surface area contributed by atoms with Crippen LogP contribution in [0.5, 0.6) is 5.75 Å². The number of carboxylic acids is 1. The van der Waals surface area contributed by atoms with Crippen molar-refractivity contribution >= 4 is 11.7 Å². The Morgan fingerprint density at radius 2 is 2.04 bits per heavy atom. The van der Waals surface area contributed by atoms with Crippen molar-refractivity contribution in [2.24, 2.45) is 5.92 Å². The lowest BCUT2D eigenvalue weighted by Gasteiger charge is -2.43. The van der Waals surface area contributed by atoms with Gasteiger partial charge in [0, 0.05) is 29.8 Å². The molecule has 2 aromatic carbocycles. The third kappa shape index (κ3) is 2.92. The van der Waals surface area contributed by atoms with Crippen LogP contribution >= 0.6 is 0 Å². The molecular weight excluding hydrogens is 356 g/mol. The molecule has 7 heteroatoms. The Morgan fingerprint density at radius 3 is 2.70 bits per heavy atom. The summed E-state index contributed by atoms with van der Waals surface area (Å²) in [4.78, 5) is 11.1. The number of hydrogen-bond acceptors (Lipinski definition) is 4. The summed E-state index contributed by atoms with van der Waals surface area (Å²) >= 11 is 0. The standard InChI is InChI=1S/C20H19F2NO4/c1-26-19-13(21)9-14-15(16(19)22)18-12(3-2-8-27-18)17(23-14)10-4-6-11(7-5-10)20(24)25/h4-7,9,12,17-18,23H,2-3,8H2,1H3,(H,24,25)/t12-,17-,18-/m1/s1. The molecule has 5 nitrogen and oxygen atoms in total. The summed E-state index contributed by atoms with van der Waals surface area (Å²) in [5.74, 6) is -3.00. The summed E-state index contributed by atoms with van der Waals surface area (Å²) in [7, 11) is 1.23. The van der Waals surface area contributed by atoms with Crippen molar-refractivity contribution in [2.45, 2.75) is 25.0 Å². The smallest absolute Gasteiger partial charge is 0.335 e. The van der Waals surface area contributed by atoms with E-state index < -0.39 is 29.5 Å². The molecule has 0 aliphatic carbocycles. The fourth-order valence-electron chi connectivity index (χ4n) is 4.08. The van der Waals surface area contributed by atoms with Crippen molar-refractivity contribution in [1.29, 1.82) is 0 Å². The minimum atomic E-state index is -1.00. The second kappa shape index (κ2) is 6.81. The molecule has 0 radical (unpaired) electrons. The van der Waals surface area contributed by atoms with Crippen LogP contribution in [0.4, 0.5) is 14.5 Å². The number of nitrogens with one attached hydrogen (secondary N) is 1. The van der Waals surface area contributed by atoms with Gasteiger partial charge in [-0.15, -0.1) is 0 Å². The molecule has 0 saturated carbocycles. The highest BCUT2D eigenvalue weighted by Gasteiger charge is 2.42. The molecule has 1 saturated heterocycles. The van der Waals surface area contributed by atoms with Crippen molar-refractivity contribution < 1.29 is 28.2 Å². The highest BCUT2D eigenvalue weighted by atomic mass is 19.1. The van der Waals surface area contributed by atoms with Gasteiger partial charge >= 0.3 is 5.97 Å². The van der Waals surface area contributed by atoms with E-state index in [2.05, 4.69) is 5.32 Å². The predicted octanol–water partition coefficient (Wildman–Crippen LogP) is 4.31. The van der Waals surface area contributed by atoms with Gasteiger partial charge in [0.15, 0.2) is 17.4 Å². The number of carbonyl (C=O) groups is 1. The summed E-state index contributed by atoms with van der Waals surface area (Å²) in [6.45, 7) is 0.504. The highest BCUT2D eigenvalue weighted by Crippen LogP contribution is 2.51. The maximum atomic E-state index is 14.9. The van der Waals surface area contributed by atoms with Gasteiger partial charge in [0.05, 0.1) is 24.8 Å². The van der Waals surface area contributed by atoms with Gasteiger partial charge in [-0.2, -0.15) is 0 Å². The summed E-state index contributed by atoms with van der Waals surface area (Å²) in [6.07, 6.45) is 1.12. The number of anilines is 1. The van der Waals surface area contributed by atoms with Gasteiger partial charge in [0.25, 0.3) is 0 Å². The van der Waals surface area contributed by atoms with E-state index in [0.29, 0.717) is 12.3 Å². The number of rotatable bonds is 3. The Labute approximate surface area is 154 Å². The number of ether oxygens (including phenoxy) is 2. The number of methoxy groups -OCH3 is 1. The molecule has 2 heterocycles. The van der Waals surface area contributed by atoms with Crippen molar-refractivity contribution in [2.75, 3.05) is 19.0 Å². The van der Waals surface area contributed by atoms with Gasteiger partial charge in [-0.3, -0.25) is 0 Å². The van der Waals surface area contributed by atoms with Crippen LogP contribution in [0.2, 0.25) is 0 Å². The summed E-state index contributed by atoms with van der Waals surface area (Å²) in [5.41, 5.74) is 1.66. The van der Waals surface area contributed by atoms with E-state index in [1.165, 1.54) is 25.3 Å². The van der Waals surface area contributed by atoms with Gasteiger partial charge in [-0.25, -0.2) is 13.6 Å². The Kier molecular flexibility index (Phi) is 4.47. The molecule has 1 fully saturated rings. The van der Waals surface area contributed by atoms with E-state index in [1.54, 1.807) is 12.1 Å². The zero-order valence-electron chi connectivity index (χ0n) is 14.7. The molecule has 142 valence electrons. The average Bonchev–Trinajstić information content (AvgIpc) is 2.67. The predicted molar refractivity (Wildman–Crippen MR) is 94.1 cm³/mol. The van der Waals surface area contributed by atoms with Crippen LogP contribution in [0.25, 0.3) is 0 Å². The maximum absolute atomic E-state index is 14.9. The summed E-state index contributed by atoms with van der Waals surface area (Å²) in [6, 6.07) is 7.51. The normalized spacial score (nSPS) is 23.7. The Morgan fingerprint density at radius 1 is 1.30 bits per heavy atom. The first kappa shape index (κ1) is 17.7. The monoisotopic (exact) mass is 375 g/mol. The molecule has 4 rings (SSSR count). The SMILES string of the molecule is COc1c(F)cc2c(c1F)[C@@H]1OCCC[C@@H]1[C@@H](c1ccc(C(=O)O)cc1)N2. The molecule has 2 N–H and O–H groups in total. The average molecular weight is 375 g/mol. The zero-order chi connectivity index (χ0) is 19.1. The lowest BCUT2D eigenvalue weighted by atomic mass is 9.77. The Bertz CT molecular complexity index is 885. The van der Waals surface area contributed by atoms with E-state index in [1.807, 2.05) is 0 Å².